The van der Waals surface area contributed by atoms with E-state index in [2.05, 4.69) is 115 Å². The molecule has 0 saturated carbocycles. The minimum absolute atomic E-state index is 0.0244. The smallest absolute Gasteiger partial charge is 0.290 e. The Hall–Kier alpha value is -5.46. The first-order valence-corrected chi connectivity index (χ1v) is 27.2. The molecule has 438 valence electrons. The van der Waals surface area contributed by atoms with Gasteiger partial charge in [-0.1, -0.05) is 90.8 Å². The number of thiol groups is 1. The molecule has 24 heteroatoms. The molecule has 16 N–H and O–H groups in total. The highest BCUT2D eigenvalue weighted by atomic mass is 32.2. The Morgan fingerprint density at radius 2 is 1.23 bits per heavy atom. The Kier molecular flexibility index (Phi) is 70.0. The Morgan fingerprint density at radius 3 is 1.57 bits per heavy atom. The van der Waals surface area contributed by atoms with Crippen molar-refractivity contribution in [1.82, 2.24) is 37.2 Å². The number of amides is 7. The molecule has 0 aliphatic heterocycles. The zero-order chi connectivity index (χ0) is 59.6. The van der Waals surface area contributed by atoms with Gasteiger partial charge in [0.15, 0.2) is 11.7 Å². The number of rotatable bonds is 28. The molecular weight excluding hydrogens is 1000 g/mol. The number of unbranched alkanes of at least 4 members (excludes halogenated alkanes) is 1. The van der Waals surface area contributed by atoms with Gasteiger partial charge in [0.2, 0.25) is 42.9 Å². The maximum atomic E-state index is 11.4. The second-order valence-corrected chi connectivity index (χ2v) is 18.9. The molecule has 6 atom stereocenters. The van der Waals surface area contributed by atoms with E-state index >= 15 is 0 Å². The maximum Gasteiger partial charge on any atom is 0.290 e. The Bertz CT molecular complexity index is 1570. The van der Waals surface area contributed by atoms with Crippen LogP contribution in [-0.4, -0.2) is 146 Å². The molecule has 1 aromatic carbocycles. The summed E-state index contributed by atoms with van der Waals surface area (Å²) in [7, 11) is 0. The average Bonchev–Trinajstić information content (AvgIpc) is 3.35. The second-order valence-electron chi connectivity index (χ2n) is 17.4. The van der Waals surface area contributed by atoms with Crippen molar-refractivity contribution in [3.05, 3.63) is 35.9 Å². The van der Waals surface area contributed by atoms with Crippen molar-refractivity contribution in [3.63, 3.8) is 0 Å². The summed E-state index contributed by atoms with van der Waals surface area (Å²) < 4.78 is 0. The predicted octanol–water partition coefficient (Wildman–Crippen LogP) is 2.78. The fraction of sp³-hybridized carbons (Fsp3) is 0.686. The van der Waals surface area contributed by atoms with Crippen molar-refractivity contribution in [1.29, 1.82) is 0 Å². The maximum absolute atomic E-state index is 11.4. The van der Waals surface area contributed by atoms with Crippen LogP contribution in [0.15, 0.2) is 35.3 Å². The molecule has 0 fully saturated rings. The van der Waals surface area contributed by atoms with Crippen LogP contribution >= 0.6 is 24.4 Å². The SMILES string of the molecule is CC(C)C(C)N.CC(C)CC(C)NC(=O)CNC=O.CC(CCCN=C(N)N)NC(=O)CN.CCC(NC=O)C(=O)NC(C)CS.CCCCC(=O)C(C)NC(=O)CNC=O.CCSC.Cc1ccccc1.O=CO. The number of carbonyl (C=O) groups excluding carboxylic acids is 8. The summed E-state index contributed by atoms with van der Waals surface area (Å²) in [5.41, 5.74) is 22.2. The van der Waals surface area contributed by atoms with Gasteiger partial charge in [0.1, 0.15) is 6.04 Å². The van der Waals surface area contributed by atoms with Crippen molar-refractivity contribution in [2.45, 2.75) is 171 Å². The van der Waals surface area contributed by atoms with E-state index in [1.807, 2.05) is 71.5 Å². The molecule has 6 unspecified atom stereocenters. The third-order valence-corrected chi connectivity index (χ3v) is 10.3. The van der Waals surface area contributed by atoms with Crippen molar-refractivity contribution < 1.29 is 48.3 Å². The lowest BCUT2D eigenvalue weighted by atomic mass is 10.1. The molecule has 0 aliphatic rings. The fourth-order valence-corrected chi connectivity index (χ4v) is 4.79. The third-order valence-electron chi connectivity index (χ3n) is 9.18. The van der Waals surface area contributed by atoms with E-state index in [4.69, 9.17) is 32.8 Å². The van der Waals surface area contributed by atoms with Gasteiger partial charge in [0.25, 0.3) is 6.47 Å². The molecule has 0 aromatic heterocycles. The summed E-state index contributed by atoms with van der Waals surface area (Å²) >= 11 is 5.89. The molecule has 0 aliphatic carbocycles. The fourth-order valence-electron chi connectivity index (χ4n) is 4.70. The minimum Gasteiger partial charge on any atom is -0.483 e. The number of Topliss-reactive ketones (excluding diaryl/α,β-unsaturated/α-hetero) is 1. The molecule has 7 amide bonds. The van der Waals surface area contributed by atoms with Gasteiger partial charge in [0.05, 0.1) is 25.7 Å². The van der Waals surface area contributed by atoms with E-state index in [1.54, 1.807) is 6.92 Å². The molecule has 0 bridgehead atoms. The standard InChI is InChI=1S/C10H18N2O3.C9H18N2O2.C8H19N5O.C8H16N2O2S.C7H8.C5H13N.C3H8S.CH2O2/c1-3-4-5-9(14)8(2)12-10(15)6-11-7-13;1-7(2)4-8(3)11-9(13)5-10-6-12;1-6(13-7(14)5-9)3-2-4-12-8(10)11;1-3-7(9-5-11)8(12)10-6(2)4-13;1-7-5-3-2-4-6-7;1-4(2)5(3)6;1-3-4-2;2-1-3/h7-8H,3-6H2,1-2H3,(H,11,13)(H,12,15);6-8H,4-5H2,1-3H3,(H,10,12)(H,11,13);6H,2-5,9H2,1H3,(H,13,14)(H4,10,11,12);5-7,13H,3-4H2,1-2H3,(H,9,11)(H,10,12);2-6H,1H3;4-5H,6H2,1-3H3;3H2,1-2H3;1H,(H,2,3). The number of nitrogens with two attached hydrogens (primary N) is 4. The van der Waals surface area contributed by atoms with E-state index in [1.165, 1.54) is 11.3 Å². The van der Waals surface area contributed by atoms with Crippen molar-refractivity contribution in [2.24, 2.45) is 39.8 Å². The van der Waals surface area contributed by atoms with Crippen LogP contribution in [0.2, 0.25) is 0 Å². The third kappa shape index (κ3) is 75.2. The average molecular weight is 1110 g/mol. The van der Waals surface area contributed by atoms with Crippen LogP contribution in [0, 0.1) is 18.8 Å². The first kappa shape index (κ1) is 83.5. The van der Waals surface area contributed by atoms with E-state index in [0.717, 1.165) is 32.1 Å². The topological polar surface area (TPSA) is 375 Å². The number of hydrogen-bond acceptors (Lipinski definition) is 14. The predicted molar refractivity (Wildman–Crippen MR) is 311 cm³/mol. The number of benzene rings is 1. The van der Waals surface area contributed by atoms with Gasteiger partial charge in [-0.15, -0.1) is 0 Å². The van der Waals surface area contributed by atoms with E-state index < -0.39 is 12.1 Å². The zero-order valence-corrected chi connectivity index (χ0v) is 49.5. The minimum atomic E-state index is -0.475. The van der Waals surface area contributed by atoms with Gasteiger partial charge in [-0.3, -0.25) is 48.1 Å². The van der Waals surface area contributed by atoms with Crippen LogP contribution < -0.4 is 60.2 Å². The van der Waals surface area contributed by atoms with Crippen LogP contribution in [0.3, 0.4) is 0 Å². The summed E-state index contributed by atoms with van der Waals surface area (Å²) in [4.78, 5) is 97.9. The lowest BCUT2D eigenvalue weighted by Gasteiger charge is -2.17. The van der Waals surface area contributed by atoms with Crippen LogP contribution in [0.25, 0.3) is 0 Å². The molecular formula is C51H102N12O10S2. The lowest BCUT2D eigenvalue weighted by molar-refractivity contribution is -0.127. The van der Waals surface area contributed by atoms with Crippen LogP contribution in [-0.2, 0) is 43.2 Å². The van der Waals surface area contributed by atoms with Crippen LogP contribution in [0.4, 0.5) is 0 Å². The summed E-state index contributed by atoms with van der Waals surface area (Å²) in [5, 5.41) is 24.6. The van der Waals surface area contributed by atoms with Gasteiger partial charge < -0.3 is 65.3 Å². The second kappa shape index (κ2) is 62.8. The Balaban J connectivity index is -0.000000147. The zero-order valence-electron chi connectivity index (χ0n) is 47.7. The molecule has 0 spiro atoms. The number of aryl methyl sites for hydroxylation is 1. The van der Waals surface area contributed by atoms with Crippen LogP contribution in [0.1, 0.15) is 134 Å². The highest BCUT2D eigenvalue weighted by molar-refractivity contribution is 7.98. The molecule has 0 heterocycles. The highest BCUT2D eigenvalue weighted by Crippen LogP contribution is 2.03. The monoisotopic (exact) mass is 1110 g/mol. The van der Waals surface area contributed by atoms with E-state index in [9.17, 15) is 38.4 Å². The number of thioether (sulfide) groups is 1. The van der Waals surface area contributed by atoms with E-state index in [0.29, 0.717) is 62.2 Å². The number of carbonyl (C=O) groups is 9. The number of carboxylic acid groups (broad SMARTS) is 1. The molecule has 22 nitrogen and oxygen atoms in total. The van der Waals surface area contributed by atoms with Crippen molar-refractivity contribution in [3.8, 4) is 0 Å². The molecule has 75 heavy (non-hydrogen) atoms. The number of aliphatic imine (C=N–C) groups is 1. The van der Waals surface area contributed by atoms with Crippen LogP contribution in [0.5, 0.6) is 0 Å². The number of nitrogens with one attached hydrogen (secondary N) is 7. The first-order valence-electron chi connectivity index (χ1n) is 25.2. The molecule has 1 rings (SSSR count). The number of guanidine groups is 1. The van der Waals surface area contributed by atoms with Gasteiger partial charge in [0, 0.05) is 42.9 Å². The number of ketones is 1. The summed E-state index contributed by atoms with van der Waals surface area (Å²) in [6, 6.07) is 10.0. The lowest BCUT2D eigenvalue weighted by Crippen LogP contribution is -2.46. The largest absolute Gasteiger partial charge is 0.483 e. The number of hydrogen-bond donors (Lipinski definition) is 13. The summed E-state index contributed by atoms with van der Waals surface area (Å²) in [5.74, 6) is 2.36. The summed E-state index contributed by atoms with van der Waals surface area (Å²) in [6.07, 6.45) is 9.10. The van der Waals surface area contributed by atoms with Gasteiger partial charge in [-0.2, -0.15) is 24.4 Å². The summed E-state index contributed by atoms with van der Waals surface area (Å²) in [6.45, 7) is 26.3. The van der Waals surface area contributed by atoms with Crippen molar-refractivity contribution in [2.75, 3.05) is 43.9 Å². The highest BCUT2D eigenvalue weighted by Gasteiger charge is 2.16. The quantitative estimate of drug-likeness (QED) is 0.0189. The Labute approximate surface area is 460 Å². The van der Waals surface area contributed by atoms with Gasteiger partial charge in [-0.25, -0.2) is 0 Å². The normalized spacial score (nSPS) is 11.8. The molecule has 0 saturated heterocycles. The van der Waals surface area contributed by atoms with Crippen molar-refractivity contribution >= 4 is 85.5 Å². The Morgan fingerprint density at radius 1 is 0.747 bits per heavy atom. The van der Waals surface area contributed by atoms with E-state index in [-0.39, 0.29) is 79.6 Å². The molecule has 1 aromatic rings. The van der Waals surface area contributed by atoms with Gasteiger partial charge in [-0.05, 0) is 97.5 Å². The molecule has 0 radical (unpaired) electrons. The number of nitrogens with zero attached hydrogens (tertiary/aromatic N) is 1. The van der Waals surface area contributed by atoms with Gasteiger partial charge >= 0.3 is 0 Å². The first-order chi connectivity index (χ1) is 35.2.